The number of rotatable bonds is 10. The molecule has 0 aliphatic rings. The highest BCUT2D eigenvalue weighted by Crippen LogP contribution is 2.30. The fraction of sp³-hybridized carbons (Fsp3) is 1.00. The van der Waals surface area contributed by atoms with E-state index < -0.39 is 32.8 Å². The Morgan fingerprint density at radius 2 is 0.810 bits per heavy atom. The molecule has 0 spiro atoms. The normalized spacial score (nSPS) is 14.6. The molecule has 0 N–H and O–H groups in total. The molecule has 0 aromatic carbocycles. The van der Waals surface area contributed by atoms with Crippen LogP contribution < -0.4 is 0 Å². The van der Waals surface area contributed by atoms with E-state index in [4.69, 9.17) is 4.12 Å². The van der Waals surface area contributed by atoms with Crippen LogP contribution in [0.1, 0.15) is 13.8 Å². The summed E-state index contributed by atoms with van der Waals surface area (Å²) in [7, 11) is -4.80. The monoisotopic (exact) mass is 362 g/mol. The van der Waals surface area contributed by atoms with E-state index in [0.29, 0.717) is 0 Å². The van der Waals surface area contributed by atoms with Gasteiger partial charge >= 0.3 is 0 Å². The lowest BCUT2D eigenvalue weighted by atomic mass is 10.9. The second-order valence-electron chi connectivity index (χ2n) is 9.66. The molecule has 21 heavy (non-hydrogen) atoms. The van der Waals surface area contributed by atoms with Gasteiger partial charge in [0.1, 0.15) is 0 Å². The van der Waals surface area contributed by atoms with Gasteiger partial charge in [-0.1, -0.05) is 64.2 Å². The molecule has 0 saturated carbocycles. The molecule has 0 radical (unpaired) electrons. The van der Waals surface area contributed by atoms with Crippen molar-refractivity contribution in [3.8, 4) is 0 Å². The Morgan fingerprint density at radius 1 is 0.524 bits per heavy atom. The minimum absolute atomic E-state index is 0.940. The zero-order chi connectivity index (χ0) is 16.9. The van der Waals surface area contributed by atoms with E-state index in [1.54, 1.807) is 0 Å². The van der Waals surface area contributed by atoms with Crippen LogP contribution in [0, 0.1) is 0 Å². The highest BCUT2D eigenvalue weighted by atomic mass is 28.4. The number of hydrogen-bond donors (Lipinski definition) is 0. The summed E-state index contributed by atoms with van der Waals surface area (Å²) in [5.41, 5.74) is 0. The predicted octanol–water partition coefficient (Wildman–Crippen LogP) is 6.87. The molecular weight excluding hydrogens is 321 g/mol. The molecule has 0 saturated heterocycles. The molecular formula is C16H42OSi4. The van der Waals surface area contributed by atoms with Crippen molar-refractivity contribution in [3.05, 3.63) is 0 Å². The summed E-state index contributed by atoms with van der Waals surface area (Å²) in [5, 5.41) is 0. The van der Waals surface area contributed by atoms with Crippen LogP contribution >= 0.6 is 0 Å². The lowest BCUT2D eigenvalue weighted by molar-refractivity contribution is 0.541. The molecule has 0 atom stereocenters. The van der Waals surface area contributed by atoms with Crippen LogP contribution in [0.2, 0.25) is 88.6 Å². The van der Waals surface area contributed by atoms with Gasteiger partial charge in [-0.05, 0) is 38.3 Å². The van der Waals surface area contributed by atoms with E-state index in [-0.39, 0.29) is 0 Å². The third-order valence-electron chi connectivity index (χ3n) is 5.27. The van der Waals surface area contributed by atoms with E-state index in [1.165, 1.54) is 36.3 Å². The van der Waals surface area contributed by atoms with Crippen LogP contribution in [0.3, 0.4) is 0 Å². The van der Waals surface area contributed by atoms with Gasteiger partial charge in [0.15, 0.2) is 16.6 Å². The first-order chi connectivity index (χ1) is 9.24. The molecule has 0 aliphatic heterocycles. The Bertz CT molecular complexity index is 281. The van der Waals surface area contributed by atoms with E-state index in [0.717, 1.165) is 0 Å². The summed E-state index contributed by atoms with van der Waals surface area (Å²) in [6.07, 6.45) is 0. The quantitative estimate of drug-likeness (QED) is 0.385. The van der Waals surface area contributed by atoms with Crippen molar-refractivity contribution in [2.75, 3.05) is 0 Å². The van der Waals surface area contributed by atoms with Crippen molar-refractivity contribution in [1.29, 1.82) is 0 Å². The molecule has 0 aromatic rings. The zero-order valence-corrected chi connectivity index (χ0v) is 20.7. The van der Waals surface area contributed by atoms with E-state index in [9.17, 15) is 0 Å². The van der Waals surface area contributed by atoms with Crippen LogP contribution in [0.15, 0.2) is 0 Å². The SMILES string of the molecule is CC[Si](C)(C)CC[Si](C)(C)O[Si](C)(C)CC[Si](C)(C)CC. The second kappa shape index (κ2) is 8.08. The van der Waals surface area contributed by atoms with Crippen molar-refractivity contribution in [1.82, 2.24) is 0 Å². The third-order valence-corrected chi connectivity index (χ3v) is 20.6. The van der Waals surface area contributed by atoms with Gasteiger partial charge in [-0.25, -0.2) is 0 Å². The molecule has 0 heterocycles. The van der Waals surface area contributed by atoms with Crippen LogP contribution in [-0.4, -0.2) is 32.8 Å². The van der Waals surface area contributed by atoms with Crippen LogP contribution in [-0.2, 0) is 4.12 Å². The Kier molecular flexibility index (Phi) is 8.40. The van der Waals surface area contributed by atoms with Gasteiger partial charge in [-0.3, -0.25) is 0 Å². The average molecular weight is 363 g/mol. The van der Waals surface area contributed by atoms with Gasteiger partial charge in [-0.2, -0.15) is 0 Å². The van der Waals surface area contributed by atoms with Crippen molar-refractivity contribution >= 4 is 32.8 Å². The van der Waals surface area contributed by atoms with Gasteiger partial charge in [0, 0.05) is 16.1 Å². The summed E-state index contributed by atoms with van der Waals surface area (Å²) >= 11 is 0. The second-order valence-corrected chi connectivity index (χ2v) is 29.6. The van der Waals surface area contributed by atoms with Crippen LogP contribution in [0.5, 0.6) is 0 Å². The summed E-state index contributed by atoms with van der Waals surface area (Å²) < 4.78 is 6.83. The van der Waals surface area contributed by atoms with E-state index in [1.807, 2.05) is 0 Å². The van der Waals surface area contributed by atoms with Crippen LogP contribution in [0.4, 0.5) is 0 Å². The maximum absolute atomic E-state index is 6.83. The summed E-state index contributed by atoms with van der Waals surface area (Å²) in [5.74, 6) is 0. The van der Waals surface area contributed by atoms with Gasteiger partial charge in [-0.15, -0.1) is 0 Å². The van der Waals surface area contributed by atoms with Crippen molar-refractivity contribution in [2.24, 2.45) is 0 Å². The van der Waals surface area contributed by atoms with Crippen LogP contribution in [0.25, 0.3) is 0 Å². The fourth-order valence-corrected chi connectivity index (χ4v) is 20.2. The molecule has 1 nitrogen and oxygen atoms in total. The minimum Gasteiger partial charge on any atom is -0.456 e. The zero-order valence-electron chi connectivity index (χ0n) is 16.7. The minimum atomic E-state index is -1.46. The molecule has 128 valence electrons. The Balaban J connectivity index is 4.47. The van der Waals surface area contributed by atoms with Crippen molar-refractivity contribution in [3.63, 3.8) is 0 Å². The first-order valence-corrected chi connectivity index (χ1v) is 22.0. The van der Waals surface area contributed by atoms with E-state index in [2.05, 4.69) is 66.2 Å². The van der Waals surface area contributed by atoms with Gasteiger partial charge in [0.25, 0.3) is 0 Å². The molecule has 5 heteroatoms. The molecule has 0 aromatic heterocycles. The Labute approximate surface area is 139 Å². The molecule has 0 rings (SSSR count). The summed E-state index contributed by atoms with van der Waals surface area (Å²) in [4.78, 5) is 0. The third kappa shape index (κ3) is 10.3. The molecule has 0 bridgehead atoms. The van der Waals surface area contributed by atoms with Gasteiger partial charge < -0.3 is 4.12 Å². The Hall–Kier alpha value is 0.828. The lowest BCUT2D eigenvalue weighted by Crippen LogP contribution is -2.46. The van der Waals surface area contributed by atoms with Gasteiger partial charge in [0.2, 0.25) is 0 Å². The smallest absolute Gasteiger partial charge is 0.173 e. The molecule has 0 amide bonds. The lowest BCUT2D eigenvalue weighted by Gasteiger charge is -2.37. The first-order valence-electron chi connectivity index (χ1n) is 8.94. The Morgan fingerprint density at radius 3 is 1.05 bits per heavy atom. The molecule has 0 unspecified atom stereocenters. The predicted molar refractivity (Wildman–Crippen MR) is 111 cm³/mol. The average Bonchev–Trinajstić information content (AvgIpc) is 2.34. The first kappa shape index (κ1) is 21.8. The highest BCUT2D eigenvalue weighted by molar-refractivity contribution is 6.87. The maximum atomic E-state index is 6.83. The highest BCUT2D eigenvalue weighted by Gasteiger charge is 2.35. The largest absolute Gasteiger partial charge is 0.456 e. The molecule has 0 fully saturated rings. The summed E-state index contributed by atoms with van der Waals surface area (Å²) in [6, 6.07) is 8.50. The van der Waals surface area contributed by atoms with E-state index >= 15 is 0 Å². The fourth-order valence-electron chi connectivity index (χ4n) is 2.48. The maximum Gasteiger partial charge on any atom is 0.173 e. The standard InChI is InChI=1S/C16H42OSi4/c1-11-18(3,4)13-15-20(7,8)17-21(9,10)16-14-19(5,6)12-2/h11-16H2,1-10H3. The topological polar surface area (TPSA) is 9.23 Å². The summed E-state index contributed by atoms with van der Waals surface area (Å²) in [6.45, 7) is 24.7. The van der Waals surface area contributed by atoms with Gasteiger partial charge in [0.05, 0.1) is 0 Å². The number of hydrogen-bond acceptors (Lipinski definition) is 1. The molecule has 0 aliphatic carbocycles. The van der Waals surface area contributed by atoms with Crippen molar-refractivity contribution in [2.45, 2.75) is 102 Å². The van der Waals surface area contributed by atoms with Crippen molar-refractivity contribution < 1.29 is 4.12 Å².